The third-order valence-corrected chi connectivity index (χ3v) is 2.03. The van der Waals surface area contributed by atoms with Crippen LogP contribution in [0.2, 0.25) is 0 Å². The number of esters is 1. The summed E-state index contributed by atoms with van der Waals surface area (Å²) in [6.07, 6.45) is 0.933. The van der Waals surface area contributed by atoms with E-state index >= 15 is 0 Å². The first-order chi connectivity index (χ1) is 5.20. The molecule has 0 aromatic carbocycles. The molecule has 0 aromatic heterocycles. The van der Waals surface area contributed by atoms with Crippen molar-refractivity contribution >= 4 is 13.8 Å². The molecule has 1 unspecified atom stereocenters. The van der Waals surface area contributed by atoms with Crippen molar-refractivity contribution in [2.45, 2.75) is 19.1 Å². The van der Waals surface area contributed by atoms with Crippen LogP contribution in [-0.4, -0.2) is 25.2 Å². The van der Waals surface area contributed by atoms with Gasteiger partial charge in [0, 0.05) is 5.57 Å². The molecule has 2 aliphatic rings. The number of carbonyl (C=O) groups is 1. The standard InChI is InChI=1S/C7H7BO3/c8-5-4(3-1-2-3)6(9)11-7(5)10/h3,6,9H,1-2H2. The van der Waals surface area contributed by atoms with E-state index in [1.165, 1.54) is 0 Å². The van der Waals surface area contributed by atoms with Crippen LogP contribution in [-0.2, 0) is 9.53 Å². The Bertz CT molecular complexity index is 242. The van der Waals surface area contributed by atoms with Crippen molar-refractivity contribution in [3.05, 3.63) is 11.0 Å². The molecule has 1 fully saturated rings. The van der Waals surface area contributed by atoms with Crippen LogP contribution in [0, 0.1) is 5.92 Å². The van der Waals surface area contributed by atoms with Crippen LogP contribution in [0.5, 0.6) is 0 Å². The van der Waals surface area contributed by atoms with E-state index in [1.54, 1.807) is 0 Å². The molecule has 2 radical (unpaired) electrons. The number of cyclic esters (lactones) is 1. The molecule has 1 heterocycles. The molecule has 56 valence electrons. The molecule has 1 atom stereocenters. The van der Waals surface area contributed by atoms with Crippen LogP contribution in [0.1, 0.15) is 12.8 Å². The van der Waals surface area contributed by atoms with Crippen LogP contribution >= 0.6 is 0 Å². The largest absolute Gasteiger partial charge is 0.429 e. The second-order valence-electron chi connectivity index (χ2n) is 2.90. The van der Waals surface area contributed by atoms with Crippen LogP contribution in [0.25, 0.3) is 0 Å². The molecule has 2 rings (SSSR count). The van der Waals surface area contributed by atoms with Gasteiger partial charge in [0.05, 0.1) is 0 Å². The predicted molar refractivity (Wildman–Crippen MR) is 37.6 cm³/mol. The van der Waals surface area contributed by atoms with Gasteiger partial charge in [0.2, 0.25) is 6.29 Å². The average Bonchev–Trinajstić information content (AvgIpc) is 2.68. The third-order valence-electron chi connectivity index (χ3n) is 2.03. The van der Waals surface area contributed by atoms with Gasteiger partial charge in [0.15, 0.2) is 0 Å². The maximum absolute atomic E-state index is 10.8. The van der Waals surface area contributed by atoms with Crippen LogP contribution in [0.3, 0.4) is 0 Å². The summed E-state index contributed by atoms with van der Waals surface area (Å²) >= 11 is 0. The van der Waals surface area contributed by atoms with E-state index in [0.29, 0.717) is 5.57 Å². The summed E-state index contributed by atoms with van der Waals surface area (Å²) in [6.45, 7) is 0. The fraction of sp³-hybridized carbons (Fsp3) is 0.571. The summed E-state index contributed by atoms with van der Waals surface area (Å²) in [5.41, 5.74) is 0.704. The molecule has 0 spiro atoms. The molecule has 1 aliphatic carbocycles. The maximum atomic E-state index is 10.8. The quantitative estimate of drug-likeness (QED) is 0.412. The molecule has 0 saturated heterocycles. The van der Waals surface area contributed by atoms with Gasteiger partial charge in [0.1, 0.15) is 7.85 Å². The molecule has 3 nitrogen and oxygen atoms in total. The Morgan fingerprint density at radius 1 is 1.55 bits per heavy atom. The minimum absolute atomic E-state index is 0.111. The lowest BCUT2D eigenvalue weighted by Crippen LogP contribution is -2.10. The van der Waals surface area contributed by atoms with Crippen molar-refractivity contribution in [1.82, 2.24) is 0 Å². The zero-order chi connectivity index (χ0) is 8.01. The molecular weight excluding hydrogens is 143 g/mol. The van der Waals surface area contributed by atoms with Gasteiger partial charge in [-0.2, -0.15) is 0 Å². The SMILES string of the molecule is [B]C1=C(C2CC2)C(O)OC1=O. The molecule has 1 N–H and O–H groups in total. The van der Waals surface area contributed by atoms with Gasteiger partial charge in [-0.1, -0.05) is 0 Å². The lowest BCUT2D eigenvalue weighted by molar-refractivity contribution is -0.151. The Kier molecular flexibility index (Phi) is 1.33. The second-order valence-corrected chi connectivity index (χ2v) is 2.90. The second kappa shape index (κ2) is 2.11. The first-order valence-corrected chi connectivity index (χ1v) is 3.58. The zero-order valence-corrected chi connectivity index (χ0v) is 5.91. The Hall–Kier alpha value is -0.765. The molecule has 0 aromatic rings. The Morgan fingerprint density at radius 3 is 2.55 bits per heavy atom. The minimum atomic E-state index is -1.07. The molecule has 1 aliphatic heterocycles. The number of rotatable bonds is 1. The number of aliphatic hydroxyl groups excluding tert-OH is 1. The number of hydrogen-bond acceptors (Lipinski definition) is 3. The average molecular weight is 150 g/mol. The van der Waals surface area contributed by atoms with Crippen molar-refractivity contribution in [3.63, 3.8) is 0 Å². The molecular formula is C7H7BO3. The predicted octanol–water partition coefficient (Wildman–Crippen LogP) is -0.306. The van der Waals surface area contributed by atoms with E-state index in [2.05, 4.69) is 4.74 Å². The van der Waals surface area contributed by atoms with Gasteiger partial charge in [-0.05, 0) is 24.2 Å². The summed E-state index contributed by atoms with van der Waals surface area (Å²) in [4.78, 5) is 10.8. The van der Waals surface area contributed by atoms with Gasteiger partial charge in [-0.3, -0.25) is 0 Å². The summed E-state index contributed by atoms with van der Waals surface area (Å²) in [7, 11) is 5.40. The van der Waals surface area contributed by atoms with Gasteiger partial charge >= 0.3 is 5.97 Å². The Labute approximate surface area is 65.4 Å². The number of ether oxygens (including phenoxy) is 1. The van der Waals surface area contributed by atoms with Crippen molar-refractivity contribution in [3.8, 4) is 0 Å². The summed E-state index contributed by atoms with van der Waals surface area (Å²) in [5, 5.41) is 9.16. The van der Waals surface area contributed by atoms with Gasteiger partial charge in [0.25, 0.3) is 0 Å². The monoisotopic (exact) mass is 150 g/mol. The lowest BCUT2D eigenvalue weighted by Gasteiger charge is -2.04. The van der Waals surface area contributed by atoms with E-state index < -0.39 is 12.3 Å². The van der Waals surface area contributed by atoms with Gasteiger partial charge in [-0.25, -0.2) is 4.79 Å². The summed E-state index contributed by atoms with van der Waals surface area (Å²) < 4.78 is 4.50. The number of hydrogen-bond donors (Lipinski definition) is 1. The fourth-order valence-corrected chi connectivity index (χ4v) is 1.30. The lowest BCUT2D eigenvalue weighted by atomic mass is 9.89. The normalized spacial score (nSPS) is 31.0. The van der Waals surface area contributed by atoms with Gasteiger partial charge in [-0.15, -0.1) is 0 Å². The molecule has 1 saturated carbocycles. The Balaban J connectivity index is 2.30. The zero-order valence-electron chi connectivity index (χ0n) is 5.91. The highest BCUT2D eigenvalue weighted by Crippen LogP contribution is 2.41. The first kappa shape index (κ1) is 6.92. The van der Waals surface area contributed by atoms with E-state index in [-0.39, 0.29) is 11.4 Å². The smallest absolute Gasteiger partial charge is 0.326 e. The summed E-state index contributed by atoms with van der Waals surface area (Å²) in [5.74, 6) is -0.296. The van der Waals surface area contributed by atoms with E-state index in [4.69, 9.17) is 13.0 Å². The highest BCUT2D eigenvalue weighted by molar-refractivity contribution is 6.36. The number of carbonyl (C=O) groups excluding carboxylic acids is 1. The van der Waals surface area contributed by atoms with Crippen molar-refractivity contribution in [2.24, 2.45) is 5.92 Å². The Morgan fingerprint density at radius 2 is 2.18 bits per heavy atom. The minimum Gasteiger partial charge on any atom is -0.429 e. The van der Waals surface area contributed by atoms with E-state index in [9.17, 15) is 4.79 Å². The summed E-state index contributed by atoms with van der Waals surface area (Å²) in [6, 6.07) is 0. The van der Waals surface area contributed by atoms with Crippen molar-refractivity contribution in [2.75, 3.05) is 0 Å². The van der Waals surface area contributed by atoms with Crippen LogP contribution < -0.4 is 0 Å². The first-order valence-electron chi connectivity index (χ1n) is 3.58. The van der Waals surface area contributed by atoms with Gasteiger partial charge < -0.3 is 9.84 Å². The molecule has 4 heteroatoms. The van der Waals surface area contributed by atoms with Crippen LogP contribution in [0.15, 0.2) is 11.0 Å². The topological polar surface area (TPSA) is 46.5 Å². The molecule has 11 heavy (non-hydrogen) atoms. The molecule has 0 bridgehead atoms. The van der Waals surface area contributed by atoms with Crippen molar-refractivity contribution in [1.29, 1.82) is 0 Å². The third kappa shape index (κ3) is 0.978. The molecule has 0 amide bonds. The number of aliphatic hydroxyl groups is 1. The fourth-order valence-electron chi connectivity index (χ4n) is 1.30. The van der Waals surface area contributed by atoms with E-state index in [1.807, 2.05) is 0 Å². The maximum Gasteiger partial charge on any atom is 0.326 e. The van der Waals surface area contributed by atoms with E-state index in [0.717, 1.165) is 12.8 Å². The van der Waals surface area contributed by atoms with Crippen LogP contribution in [0.4, 0.5) is 0 Å². The highest BCUT2D eigenvalue weighted by Gasteiger charge is 2.39. The highest BCUT2D eigenvalue weighted by atomic mass is 16.6. The van der Waals surface area contributed by atoms with Crippen molar-refractivity contribution < 1.29 is 14.6 Å².